The zero-order valence-corrected chi connectivity index (χ0v) is 20.4. The van der Waals surface area contributed by atoms with Crippen LogP contribution in [0, 0.1) is 0 Å². The van der Waals surface area contributed by atoms with E-state index in [0.29, 0.717) is 39.8 Å². The maximum Gasteiger partial charge on any atom is 0.257 e. The summed E-state index contributed by atoms with van der Waals surface area (Å²) in [7, 11) is 0. The molecule has 3 N–H and O–H groups in total. The normalized spacial score (nSPS) is 15.0. The molecule has 2 heterocycles. The topological polar surface area (TPSA) is 85.8 Å². The molecule has 0 radical (unpaired) electrons. The Labute approximate surface area is 218 Å². The van der Waals surface area contributed by atoms with Crippen molar-refractivity contribution in [3.05, 3.63) is 119 Å². The van der Waals surface area contributed by atoms with Crippen LogP contribution in [0.4, 0.5) is 0 Å². The third kappa shape index (κ3) is 3.34. The predicted molar refractivity (Wildman–Crippen MR) is 147 cm³/mol. The van der Waals surface area contributed by atoms with Gasteiger partial charge in [0.2, 0.25) is 0 Å². The molecule has 6 nitrogen and oxygen atoms in total. The standard InChI is InChI=1S/C32H24N2O4/c35-23-15-16-24(38-18-20-11-5-2-6-12-20)27-26(23)29-28(25-21-13-7-8-14-22(21)33-30(25)27)31(36)34(32(29)37)17-19-9-3-1-4-10-19/h1-16,31,33,35-36H,17-18H2. The molecule has 1 amide bonds. The first kappa shape index (κ1) is 22.4. The number of aliphatic hydroxyl groups is 1. The third-order valence-corrected chi connectivity index (χ3v) is 7.35. The summed E-state index contributed by atoms with van der Waals surface area (Å²) in [6, 6.07) is 30.5. The minimum Gasteiger partial charge on any atom is -0.507 e. The fourth-order valence-corrected chi connectivity index (χ4v) is 5.63. The van der Waals surface area contributed by atoms with Gasteiger partial charge in [0.25, 0.3) is 5.91 Å². The Morgan fingerprint density at radius 1 is 0.789 bits per heavy atom. The Hall–Kier alpha value is -4.81. The molecule has 38 heavy (non-hydrogen) atoms. The number of hydrogen-bond acceptors (Lipinski definition) is 4. The van der Waals surface area contributed by atoms with Crippen molar-refractivity contribution in [2.45, 2.75) is 19.4 Å². The van der Waals surface area contributed by atoms with Gasteiger partial charge < -0.3 is 24.8 Å². The number of carbonyl (C=O) groups excluding carboxylic acids is 1. The minimum atomic E-state index is -1.17. The highest BCUT2D eigenvalue weighted by atomic mass is 16.5. The second kappa shape index (κ2) is 8.64. The lowest BCUT2D eigenvalue weighted by Gasteiger charge is -2.21. The van der Waals surface area contributed by atoms with Gasteiger partial charge in [-0.05, 0) is 29.3 Å². The molecule has 0 fully saturated rings. The van der Waals surface area contributed by atoms with Crippen LogP contribution in [0.5, 0.6) is 11.5 Å². The first-order valence-electron chi connectivity index (χ1n) is 12.5. The number of amides is 1. The SMILES string of the molecule is O=C1c2c(c3c4ccccc4[nH]c3c3c(OCc4ccccc4)ccc(O)c23)C(O)N1Cc1ccccc1. The molecule has 0 saturated heterocycles. The van der Waals surface area contributed by atoms with Crippen molar-refractivity contribution in [3.8, 4) is 11.5 Å². The summed E-state index contributed by atoms with van der Waals surface area (Å²) in [6.45, 7) is 0.571. The molecule has 186 valence electrons. The Morgan fingerprint density at radius 2 is 1.47 bits per heavy atom. The predicted octanol–water partition coefficient (Wildman–Crippen LogP) is 6.41. The monoisotopic (exact) mass is 500 g/mol. The van der Waals surface area contributed by atoms with E-state index in [1.165, 1.54) is 4.90 Å². The Bertz CT molecular complexity index is 1840. The van der Waals surface area contributed by atoms with Crippen molar-refractivity contribution in [2.24, 2.45) is 0 Å². The Kier molecular flexibility index (Phi) is 5.09. The second-order valence-electron chi connectivity index (χ2n) is 9.61. The van der Waals surface area contributed by atoms with Crippen LogP contribution in [0.25, 0.3) is 32.6 Å². The molecule has 5 aromatic carbocycles. The minimum absolute atomic E-state index is 0.0361. The molecule has 6 aromatic rings. The maximum atomic E-state index is 14.0. The number of rotatable bonds is 5. The fourth-order valence-electron chi connectivity index (χ4n) is 5.63. The van der Waals surface area contributed by atoms with Gasteiger partial charge in [0.05, 0.1) is 16.5 Å². The number of carbonyl (C=O) groups is 1. The molecular formula is C32H24N2O4. The van der Waals surface area contributed by atoms with Crippen molar-refractivity contribution >= 4 is 38.5 Å². The van der Waals surface area contributed by atoms with E-state index in [1.807, 2.05) is 84.9 Å². The Morgan fingerprint density at radius 3 is 2.24 bits per heavy atom. The highest BCUT2D eigenvalue weighted by Crippen LogP contribution is 2.50. The highest BCUT2D eigenvalue weighted by Gasteiger charge is 2.41. The van der Waals surface area contributed by atoms with Crippen LogP contribution in [-0.4, -0.2) is 26.0 Å². The lowest BCUT2D eigenvalue weighted by molar-refractivity contribution is 0.0144. The lowest BCUT2D eigenvalue weighted by Crippen LogP contribution is -2.27. The zero-order chi connectivity index (χ0) is 25.8. The third-order valence-electron chi connectivity index (χ3n) is 7.35. The maximum absolute atomic E-state index is 14.0. The van der Waals surface area contributed by atoms with E-state index < -0.39 is 6.23 Å². The second-order valence-corrected chi connectivity index (χ2v) is 9.61. The summed E-state index contributed by atoms with van der Waals surface area (Å²) in [5, 5.41) is 25.4. The van der Waals surface area contributed by atoms with E-state index >= 15 is 0 Å². The number of H-pyrrole nitrogens is 1. The van der Waals surface area contributed by atoms with E-state index in [1.54, 1.807) is 12.1 Å². The van der Waals surface area contributed by atoms with E-state index in [2.05, 4.69) is 4.98 Å². The van der Waals surface area contributed by atoms with Crippen molar-refractivity contribution in [1.82, 2.24) is 9.88 Å². The Balaban J connectivity index is 1.50. The molecular weight excluding hydrogens is 476 g/mol. The number of phenols is 1. The first-order chi connectivity index (χ1) is 18.6. The molecule has 0 spiro atoms. The summed E-state index contributed by atoms with van der Waals surface area (Å²) in [6.07, 6.45) is -1.17. The average Bonchev–Trinajstić information content (AvgIpc) is 3.45. The summed E-state index contributed by atoms with van der Waals surface area (Å²) < 4.78 is 6.29. The molecule has 1 aromatic heterocycles. The molecule has 1 unspecified atom stereocenters. The van der Waals surface area contributed by atoms with Crippen molar-refractivity contribution < 1.29 is 19.7 Å². The number of phenolic OH excluding ortho intramolecular Hbond substituents is 1. The van der Waals surface area contributed by atoms with Crippen molar-refractivity contribution in [2.75, 3.05) is 0 Å². The van der Waals surface area contributed by atoms with Crippen LogP contribution in [0.15, 0.2) is 97.1 Å². The summed E-state index contributed by atoms with van der Waals surface area (Å²) >= 11 is 0. The molecule has 7 rings (SSSR count). The summed E-state index contributed by atoms with van der Waals surface area (Å²) in [4.78, 5) is 18.9. The number of hydrogen-bond donors (Lipinski definition) is 3. The van der Waals surface area contributed by atoms with Crippen LogP contribution in [0.2, 0.25) is 0 Å². The van der Waals surface area contributed by atoms with Crippen LogP contribution < -0.4 is 4.74 Å². The molecule has 0 saturated carbocycles. The number of aromatic hydroxyl groups is 1. The molecule has 6 heteroatoms. The van der Waals surface area contributed by atoms with Gasteiger partial charge in [-0.15, -0.1) is 0 Å². The fraction of sp³-hybridized carbons (Fsp3) is 0.0938. The van der Waals surface area contributed by atoms with E-state index in [0.717, 1.165) is 27.4 Å². The van der Waals surface area contributed by atoms with E-state index in [-0.39, 0.29) is 18.2 Å². The van der Waals surface area contributed by atoms with Gasteiger partial charge in [-0.25, -0.2) is 0 Å². The van der Waals surface area contributed by atoms with Gasteiger partial charge in [-0.2, -0.15) is 0 Å². The van der Waals surface area contributed by atoms with E-state index in [9.17, 15) is 15.0 Å². The smallest absolute Gasteiger partial charge is 0.257 e. The van der Waals surface area contributed by atoms with Crippen LogP contribution >= 0.6 is 0 Å². The van der Waals surface area contributed by atoms with Gasteiger partial charge in [-0.3, -0.25) is 4.79 Å². The number of ether oxygens (including phenoxy) is 1. The molecule has 1 atom stereocenters. The first-order valence-corrected chi connectivity index (χ1v) is 12.5. The van der Waals surface area contributed by atoms with Crippen LogP contribution in [-0.2, 0) is 13.2 Å². The van der Waals surface area contributed by atoms with E-state index in [4.69, 9.17) is 4.74 Å². The zero-order valence-electron chi connectivity index (χ0n) is 20.4. The quantitative estimate of drug-likeness (QED) is 0.255. The van der Waals surface area contributed by atoms with Gasteiger partial charge in [0.1, 0.15) is 18.1 Å². The largest absolute Gasteiger partial charge is 0.507 e. The number of aromatic nitrogens is 1. The van der Waals surface area contributed by atoms with Crippen molar-refractivity contribution in [3.63, 3.8) is 0 Å². The van der Waals surface area contributed by atoms with Gasteiger partial charge in [-0.1, -0.05) is 78.9 Å². The summed E-state index contributed by atoms with van der Waals surface area (Å²) in [5.41, 5.74) is 4.30. The number of aromatic amines is 1. The van der Waals surface area contributed by atoms with Gasteiger partial charge in [0, 0.05) is 33.8 Å². The molecule has 0 bridgehead atoms. The number of para-hydroxylation sites is 1. The number of nitrogens with one attached hydrogen (secondary N) is 1. The van der Waals surface area contributed by atoms with Gasteiger partial charge in [0.15, 0.2) is 6.23 Å². The van der Waals surface area contributed by atoms with Crippen molar-refractivity contribution in [1.29, 1.82) is 0 Å². The van der Waals surface area contributed by atoms with Gasteiger partial charge >= 0.3 is 0 Å². The van der Waals surface area contributed by atoms with Crippen LogP contribution in [0.3, 0.4) is 0 Å². The highest BCUT2D eigenvalue weighted by molar-refractivity contribution is 6.28. The number of nitrogens with zero attached hydrogens (tertiary/aromatic N) is 1. The number of aliphatic hydroxyl groups excluding tert-OH is 1. The molecule has 0 aliphatic carbocycles. The lowest BCUT2D eigenvalue weighted by atomic mass is 9.93. The molecule has 1 aliphatic heterocycles. The average molecular weight is 501 g/mol. The number of fused-ring (bicyclic) bond motifs is 8. The number of benzene rings is 5. The molecule has 1 aliphatic rings. The summed E-state index contributed by atoms with van der Waals surface area (Å²) in [5.74, 6) is 0.180. The van der Waals surface area contributed by atoms with Crippen LogP contribution in [0.1, 0.15) is 33.3 Å².